The molecule has 0 spiro atoms. The van der Waals surface area contributed by atoms with E-state index in [1.807, 2.05) is 0 Å². The third kappa shape index (κ3) is 6.02. The third-order valence-corrected chi connectivity index (χ3v) is 7.25. The number of hydrogen-bond donors (Lipinski definition) is 1. The van der Waals surface area contributed by atoms with Crippen LogP contribution in [0.2, 0.25) is 0 Å². The van der Waals surface area contributed by atoms with Gasteiger partial charge in [-0.25, -0.2) is 8.42 Å². The highest BCUT2D eigenvalue weighted by Crippen LogP contribution is 2.32. The highest BCUT2D eigenvalue weighted by molar-refractivity contribution is 7.99. The molecule has 2 aromatic rings. The highest BCUT2D eigenvalue weighted by atomic mass is 32.2. The van der Waals surface area contributed by atoms with E-state index < -0.39 is 27.9 Å². The molecule has 1 N–H and O–H groups in total. The van der Waals surface area contributed by atoms with Crippen LogP contribution in [-0.2, 0) is 14.8 Å². The minimum Gasteiger partial charge on any atom is -0.321 e. The number of hydrogen-bond acceptors (Lipinski definition) is 4. The number of carbonyl (C=O) groups is 1. The SMILES string of the molecule is O=C(/C=C/c1ccc(N2CCCS2(=O)=O)cc1)Nc1ccccc1SCC(F)(F)F. The maximum absolute atomic E-state index is 12.5. The molecule has 1 aliphatic heterocycles. The number of carbonyl (C=O) groups excluding carboxylic acids is 1. The van der Waals surface area contributed by atoms with Crippen LogP contribution in [0.4, 0.5) is 24.5 Å². The first-order valence-corrected chi connectivity index (χ1v) is 11.6. The van der Waals surface area contributed by atoms with E-state index in [4.69, 9.17) is 0 Å². The van der Waals surface area contributed by atoms with E-state index >= 15 is 0 Å². The zero-order chi connectivity index (χ0) is 21.8. The number of para-hydroxylation sites is 1. The van der Waals surface area contributed by atoms with Crippen LogP contribution in [0.15, 0.2) is 59.5 Å². The highest BCUT2D eigenvalue weighted by Gasteiger charge is 2.28. The minimum absolute atomic E-state index is 0.136. The molecule has 3 rings (SSSR count). The second kappa shape index (κ2) is 9.13. The molecule has 0 atom stereocenters. The lowest BCUT2D eigenvalue weighted by atomic mass is 10.2. The van der Waals surface area contributed by atoms with E-state index in [2.05, 4.69) is 5.32 Å². The summed E-state index contributed by atoms with van der Waals surface area (Å²) in [7, 11) is -3.25. The smallest absolute Gasteiger partial charge is 0.321 e. The van der Waals surface area contributed by atoms with Gasteiger partial charge in [0.1, 0.15) is 0 Å². The Bertz CT molecular complexity index is 1040. The van der Waals surface area contributed by atoms with Crippen LogP contribution in [-0.4, -0.2) is 38.6 Å². The standard InChI is InChI=1S/C20H19F3N2O3S2/c21-20(22,23)14-29-18-5-2-1-4-17(18)24-19(26)11-8-15-6-9-16(10-7-15)25-12-3-13-30(25,27)28/h1-2,4-11H,3,12-14H2,(H,24,26)/b11-8+. The summed E-state index contributed by atoms with van der Waals surface area (Å²) in [5, 5.41) is 2.58. The van der Waals surface area contributed by atoms with E-state index in [0.717, 1.165) is 0 Å². The summed E-state index contributed by atoms with van der Waals surface area (Å²) >= 11 is 0.606. The molecule has 160 valence electrons. The molecule has 1 aliphatic rings. The molecule has 0 radical (unpaired) electrons. The van der Waals surface area contributed by atoms with Crippen LogP contribution >= 0.6 is 11.8 Å². The number of nitrogens with one attached hydrogen (secondary N) is 1. The lowest BCUT2D eigenvalue weighted by molar-refractivity contribution is -0.112. The molecule has 1 saturated heterocycles. The van der Waals surface area contributed by atoms with Gasteiger partial charge in [-0.05, 0) is 42.3 Å². The Morgan fingerprint density at radius 1 is 1.13 bits per heavy atom. The van der Waals surface area contributed by atoms with Gasteiger partial charge in [0.25, 0.3) is 0 Å². The predicted octanol–water partition coefficient (Wildman–Crippen LogP) is 4.53. The second-order valence-corrected chi connectivity index (χ2v) is 9.59. The molecule has 10 heteroatoms. The van der Waals surface area contributed by atoms with Crippen LogP contribution in [0, 0.1) is 0 Å². The van der Waals surface area contributed by atoms with Gasteiger partial charge in [-0.15, -0.1) is 11.8 Å². The normalized spacial score (nSPS) is 16.2. The Labute approximate surface area is 177 Å². The van der Waals surface area contributed by atoms with Crippen molar-refractivity contribution in [3.05, 3.63) is 60.2 Å². The number of thioether (sulfide) groups is 1. The van der Waals surface area contributed by atoms with Crippen molar-refractivity contribution in [1.29, 1.82) is 0 Å². The summed E-state index contributed by atoms with van der Waals surface area (Å²) in [5.74, 6) is -1.40. The van der Waals surface area contributed by atoms with Gasteiger partial charge in [-0.1, -0.05) is 24.3 Å². The maximum Gasteiger partial charge on any atom is 0.398 e. The topological polar surface area (TPSA) is 66.5 Å². The van der Waals surface area contributed by atoms with E-state index in [1.165, 1.54) is 22.5 Å². The molecule has 1 amide bonds. The largest absolute Gasteiger partial charge is 0.398 e. The average Bonchev–Trinajstić information content (AvgIpc) is 3.04. The second-order valence-electron chi connectivity index (χ2n) is 6.56. The number of benzene rings is 2. The van der Waals surface area contributed by atoms with Crippen molar-refractivity contribution in [3.8, 4) is 0 Å². The summed E-state index contributed by atoms with van der Waals surface area (Å²) < 4.78 is 62.7. The molecule has 30 heavy (non-hydrogen) atoms. The zero-order valence-corrected chi connectivity index (χ0v) is 17.4. The Morgan fingerprint density at radius 3 is 2.47 bits per heavy atom. The summed E-state index contributed by atoms with van der Waals surface area (Å²) in [6.45, 7) is 0.450. The van der Waals surface area contributed by atoms with Gasteiger partial charge in [-0.2, -0.15) is 13.2 Å². The average molecular weight is 457 g/mol. The van der Waals surface area contributed by atoms with Crippen LogP contribution in [0.1, 0.15) is 12.0 Å². The summed E-state index contributed by atoms with van der Waals surface area (Å²) in [6, 6.07) is 13.0. The minimum atomic E-state index is -4.30. The van der Waals surface area contributed by atoms with Crippen LogP contribution in [0.5, 0.6) is 0 Å². The molecule has 0 unspecified atom stereocenters. The Balaban J connectivity index is 1.63. The predicted molar refractivity (Wildman–Crippen MR) is 113 cm³/mol. The summed E-state index contributed by atoms with van der Waals surface area (Å²) in [5.41, 5.74) is 1.56. The molecular formula is C20H19F3N2O3S2. The van der Waals surface area contributed by atoms with Crippen molar-refractivity contribution in [2.24, 2.45) is 0 Å². The van der Waals surface area contributed by atoms with E-state index in [0.29, 0.717) is 46.6 Å². The summed E-state index contributed by atoms with van der Waals surface area (Å²) in [6.07, 6.45) is -0.898. The lowest BCUT2D eigenvalue weighted by Crippen LogP contribution is -2.24. The first-order valence-electron chi connectivity index (χ1n) is 9.02. The Hall–Kier alpha value is -2.46. The van der Waals surface area contributed by atoms with Crippen molar-refractivity contribution in [1.82, 2.24) is 0 Å². The van der Waals surface area contributed by atoms with Crippen molar-refractivity contribution in [2.45, 2.75) is 17.5 Å². The van der Waals surface area contributed by atoms with Gasteiger partial charge >= 0.3 is 6.18 Å². The number of nitrogens with zero attached hydrogens (tertiary/aromatic N) is 1. The van der Waals surface area contributed by atoms with E-state index in [9.17, 15) is 26.4 Å². The fraction of sp³-hybridized carbons (Fsp3) is 0.250. The van der Waals surface area contributed by atoms with Gasteiger partial charge in [0.15, 0.2) is 0 Å². The van der Waals surface area contributed by atoms with E-state index in [-0.39, 0.29) is 5.75 Å². The molecule has 0 saturated carbocycles. The quantitative estimate of drug-likeness (QED) is 0.512. The molecule has 1 heterocycles. The fourth-order valence-electron chi connectivity index (χ4n) is 2.88. The van der Waals surface area contributed by atoms with Gasteiger partial charge in [0, 0.05) is 17.5 Å². The maximum atomic E-state index is 12.5. The molecule has 0 bridgehead atoms. The number of amides is 1. The molecule has 0 aliphatic carbocycles. The Kier molecular flexibility index (Phi) is 6.77. The fourth-order valence-corrected chi connectivity index (χ4v) is 5.22. The first-order chi connectivity index (χ1) is 14.1. The number of sulfonamides is 1. The first kappa shape index (κ1) is 22.2. The molecule has 5 nitrogen and oxygen atoms in total. The lowest BCUT2D eigenvalue weighted by Gasteiger charge is -2.16. The van der Waals surface area contributed by atoms with Gasteiger partial charge in [0.05, 0.1) is 22.9 Å². The van der Waals surface area contributed by atoms with Crippen LogP contribution in [0.3, 0.4) is 0 Å². The Morgan fingerprint density at radius 2 is 1.83 bits per heavy atom. The number of anilines is 2. The zero-order valence-electron chi connectivity index (χ0n) is 15.7. The summed E-state index contributed by atoms with van der Waals surface area (Å²) in [4.78, 5) is 12.5. The van der Waals surface area contributed by atoms with Gasteiger partial charge in [0.2, 0.25) is 15.9 Å². The van der Waals surface area contributed by atoms with E-state index in [1.54, 1.807) is 42.5 Å². The van der Waals surface area contributed by atoms with Gasteiger partial charge in [-0.3, -0.25) is 9.10 Å². The van der Waals surface area contributed by atoms with Gasteiger partial charge < -0.3 is 5.32 Å². The number of rotatable bonds is 6. The van der Waals surface area contributed by atoms with Crippen molar-refractivity contribution in [2.75, 3.05) is 27.7 Å². The van der Waals surface area contributed by atoms with Crippen molar-refractivity contribution >= 4 is 45.1 Å². The monoisotopic (exact) mass is 456 g/mol. The van der Waals surface area contributed by atoms with Crippen LogP contribution < -0.4 is 9.62 Å². The van der Waals surface area contributed by atoms with Crippen molar-refractivity contribution in [3.63, 3.8) is 0 Å². The molecular weight excluding hydrogens is 437 g/mol. The molecule has 1 fully saturated rings. The third-order valence-electron chi connectivity index (χ3n) is 4.24. The molecule has 2 aromatic carbocycles. The molecule has 0 aromatic heterocycles. The number of halogens is 3. The van der Waals surface area contributed by atoms with Crippen molar-refractivity contribution < 1.29 is 26.4 Å². The number of alkyl halides is 3. The van der Waals surface area contributed by atoms with Crippen LogP contribution in [0.25, 0.3) is 6.08 Å².